The predicted octanol–water partition coefficient (Wildman–Crippen LogP) is 0.0859. The average Bonchev–Trinajstić information content (AvgIpc) is 2.16. The molecule has 1 aromatic rings. The number of nitrogen functional groups attached to an aromatic ring is 1. The molecule has 0 atom stereocenters. The summed E-state index contributed by atoms with van der Waals surface area (Å²) in [7, 11) is 1.48. The minimum atomic E-state index is -0.921. The molecule has 15 heavy (non-hydrogen) atoms. The van der Waals surface area contributed by atoms with E-state index in [1.807, 2.05) is 5.32 Å². The molecule has 0 aliphatic rings. The maximum absolute atomic E-state index is 11.3. The van der Waals surface area contributed by atoms with Gasteiger partial charge in [0.25, 0.3) is 5.91 Å². The summed E-state index contributed by atoms with van der Waals surface area (Å²) in [6.45, 7) is 0. The number of nitrogens with one attached hydrogen (secondary N) is 1. The standard InChI is InChI=1S/C9H11N3O3/c1-15-5-2-3-6(7(10)4-5)8(13)12-9(11)14/h2-4H,10H2,1H3,(H3,11,12,13,14). The molecule has 0 bridgehead atoms. The van der Waals surface area contributed by atoms with Crippen LogP contribution >= 0.6 is 0 Å². The quantitative estimate of drug-likeness (QED) is 0.599. The fourth-order valence-electron chi connectivity index (χ4n) is 1.05. The number of nitrogens with two attached hydrogens (primary N) is 2. The Kier molecular flexibility index (Phi) is 3.12. The van der Waals surface area contributed by atoms with E-state index in [0.717, 1.165) is 0 Å². The Morgan fingerprint density at radius 1 is 1.40 bits per heavy atom. The Morgan fingerprint density at radius 3 is 2.53 bits per heavy atom. The van der Waals surface area contributed by atoms with Crippen LogP contribution in [0.1, 0.15) is 10.4 Å². The molecular weight excluding hydrogens is 198 g/mol. The lowest BCUT2D eigenvalue weighted by atomic mass is 10.1. The molecule has 5 N–H and O–H groups in total. The van der Waals surface area contributed by atoms with Crippen LogP contribution in [0.2, 0.25) is 0 Å². The van der Waals surface area contributed by atoms with Crippen LogP contribution in [0.25, 0.3) is 0 Å². The topological polar surface area (TPSA) is 107 Å². The van der Waals surface area contributed by atoms with Gasteiger partial charge in [0.1, 0.15) is 5.75 Å². The number of amides is 3. The van der Waals surface area contributed by atoms with E-state index in [9.17, 15) is 9.59 Å². The zero-order valence-electron chi connectivity index (χ0n) is 8.11. The molecule has 1 aromatic carbocycles. The molecule has 0 heterocycles. The number of anilines is 1. The van der Waals surface area contributed by atoms with Gasteiger partial charge in [-0.3, -0.25) is 10.1 Å². The Labute approximate surface area is 86.2 Å². The van der Waals surface area contributed by atoms with Crippen molar-refractivity contribution in [3.63, 3.8) is 0 Å². The van der Waals surface area contributed by atoms with Crippen molar-refractivity contribution < 1.29 is 14.3 Å². The van der Waals surface area contributed by atoms with Crippen LogP contribution in [0.5, 0.6) is 5.75 Å². The van der Waals surface area contributed by atoms with Crippen LogP contribution in [0.4, 0.5) is 10.5 Å². The van der Waals surface area contributed by atoms with Crippen LogP contribution in [-0.4, -0.2) is 19.0 Å². The normalized spacial score (nSPS) is 9.40. The van der Waals surface area contributed by atoms with Gasteiger partial charge in [0, 0.05) is 11.8 Å². The summed E-state index contributed by atoms with van der Waals surface area (Å²) in [4.78, 5) is 21.8. The molecule has 0 fully saturated rings. The van der Waals surface area contributed by atoms with E-state index in [1.54, 1.807) is 6.07 Å². The number of hydrogen-bond acceptors (Lipinski definition) is 4. The molecular formula is C9H11N3O3. The molecule has 6 nitrogen and oxygen atoms in total. The molecule has 0 spiro atoms. The lowest BCUT2D eigenvalue weighted by Gasteiger charge is -2.06. The molecule has 0 radical (unpaired) electrons. The first kappa shape index (κ1) is 10.8. The molecule has 80 valence electrons. The Bertz CT molecular complexity index is 404. The molecule has 0 saturated carbocycles. The van der Waals surface area contributed by atoms with Gasteiger partial charge in [0.05, 0.1) is 12.7 Å². The van der Waals surface area contributed by atoms with E-state index in [1.165, 1.54) is 19.2 Å². The van der Waals surface area contributed by atoms with Crippen LogP contribution in [-0.2, 0) is 0 Å². The van der Waals surface area contributed by atoms with Crippen LogP contribution in [0.15, 0.2) is 18.2 Å². The van der Waals surface area contributed by atoms with Crippen molar-refractivity contribution in [2.75, 3.05) is 12.8 Å². The second-order valence-electron chi connectivity index (χ2n) is 2.77. The van der Waals surface area contributed by atoms with Gasteiger partial charge in [-0.1, -0.05) is 0 Å². The smallest absolute Gasteiger partial charge is 0.319 e. The van der Waals surface area contributed by atoms with Gasteiger partial charge in [0.15, 0.2) is 0 Å². The Morgan fingerprint density at radius 2 is 2.07 bits per heavy atom. The summed E-state index contributed by atoms with van der Waals surface area (Å²) in [6, 6.07) is 3.57. The number of hydrogen-bond donors (Lipinski definition) is 3. The van der Waals surface area contributed by atoms with E-state index in [0.29, 0.717) is 5.75 Å². The largest absolute Gasteiger partial charge is 0.497 e. The highest BCUT2D eigenvalue weighted by Gasteiger charge is 2.11. The Balaban J connectivity index is 2.95. The van der Waals surface area contributed by atoms with E-state index < -0.39 is 11.9 Å². The predicted molar refractivity (Wildman–Crippen MR) is 54.5 cm³/mol. The number of benzene rings is 1. The minimum absolute atomic E-state index is 0.176. The maximum atomic E-state index is 11.3. The van der Waals surface area contributed by atoms with Crippen molar-refractivity contribution in [2.45, 2.75) is 0 Å². The first-order valence-corrected chi connectivity index (χ1v) is 4.09. The highest BCUT2D eigenvalue weighted by molar-refractivity contribution is 6.06. The minimum Gasteiger partial charge on any atom is -0.497 e. The second kappa shape index (κ2) is 4.32. The molecule has 1 rings (SSSR count). The van der Waals surface area contributed by atoms with Crippen molar-refractivity contribution in [1.29, 1.82) is 0 Å². The van der Waals surface area contributed by atoms with Gasteiger partial charge in [-0.2, -0.15) is 0 Å². The molecule has 6 heteroatoms. The van der Waals surface area contributed by atoms with Gasteiger partial charge < -0.3 is 16.2 Å². The summed E-state index contributed by atoms with van der Waals surface area (Å²) >= 11 is 0. The van der Waals surface area contributed by atoms with E-state index in [4.69, 9.17) is 16.2 Å². The fourth-order valence-corrected chi connectivity index (χ4v) is 1.05. The molecule has 0 unspecified atom stereocenters. The molecule has 0 saturated heterocycles. The number of urea groups is 1. The number of carbonyl (C=O) groups is 2. The summed E-state index contributed by atoms with van der Waals surface area (Å²) < 4.78 is 4.91. The van der Waals surface area contributed by atoms with Gasteiger partial charge in [-0.05, 0) is 12.1 Å². The van der Waals surface area contributed by atoms with Crippen molar-refractivity contribution in [3.8, 4) is 5.75 Å². The zero-order chi connectivity index (χ0) is 11.4. The van der Waals surface area contributed by atoms with Crippen molar-refractivity contribution in [1.82, 2.24) is 5.32 Å². The van der Waals surface area contributed by atoms with E-state index >= 15 is 0 Å². The van der Waals surface area contributed by atoms with Gasteiger partial charge in [-0.25, -0.2) is 4.79 Å². The number of primary amides is 1. The SMILES string of the molecule is COc1ccc(C(=O)NC(N)=O)c(N)c1. The number of carbonyl (C=O) groups excluding carboxylic acids is 2. The fraction of sp³-hybridized carbons (Fsp3) is 0.111. The summed E-state index contributed by atoms with van der Waals surface area (Å²) in [5.41, 5.74) is 10.8. The van der Waals surface area contributed by atoms with Crippen LogP contribution < -0.4 is 21.5 Å². The van der Waals surface area contributed by atoms with Gasteiger partial charge >= 0.3 is 6.03 Å². The lowest BCUT2D eigenvalue weighted by molar-refractivity contribution is 0.0967. The third-order valence-corrected chi connectivity index (χ3v) is 1.74. The molecule has 0 aromatic heterocycles. The highest BCUT2D eigenvalue weighted by atomic mass is 16.5. The van der Waals surface area contributed by atoms with Gasteiger partial charge in [-0.15, -0.1) is 0 Å². The monoisotopic (exact) mass is 209 g/mol. The summed E-state index contributed by atoms with van der Waals surface area (Å²) in [5, 5.41) is 1.92. The molecule has 0 aliphatic heterocycles. The Hall–Kier alpha value is -2.24. The third-order valence-electron chi connectivity index (χ3n) is 1.74. The number of imide groups is 1. The van der Waals surface area contributed by atoms with Crippen LogP contribution in [0.3, 0.4) is 0 Å². The van der Waals surface area contributed by atoms with Crippen molar-refractivity contribution in [3.05, 3.63) is 23.8 Å². The lowest BCUT2D eigenvalue weighted by Crippen LogP contribution is -2.35. The van der Waals surface area contributed by atoms with E-state index in [2.05, 4.69) is 0 Å². The summed E-state index contributed by atoms with van der Waals surface area (Å²) in [6.07, 6.45) is 0. The summed E-state index contributed by atoms with van der Waals surface area (Å²) in [5.74, 6) is -0.106. The average molecular weight is 209 g/mol. The highest BCUT2D eigenvalue weighted by Crippen LogP contribution is 2.19. The molecule has 0 aliphatic carbocycles. The van der Waals surface area contributed by atoms with E-state index in [-0.39, 0.29) is 11.3 Å². The maximum Gasteiger partial charge on any atom is 0.319 e. The van der Waals surface area contributed by atoms with Crippen molar-refractivity contribution in [2.24, 2.45) is 5.73 Å². The second-order valence-corrected chi connectivity index (χ2v) is 2.77. The number of methoxy groups -OCH3 is 1. The molecule has 3 amide bonds. The van der Waals surface area contributed by atoms with Crippen LogP contribution in [0, 0.1) is 0 Å². The third kappa shape index (κ3) is 2.60. The van der Waals surface area contributed by atoms with Crippen molar-refractivity contribution >= 4 is 17.6 Å². The first-order valence-electron chi connectivity index (χ1n) is 4.09. The first-order chi connectivity index (χ1) is 7.04. The number of ether oxygens (including phenoxy) is 1. The number of rotatable bonds is 2. The zero-order valence-corrected chi connectivity index (χ0v) is 8.11. The van der Waals surface area contributed by atoms with Gasteiger partial charge in [0.2, 0.25) is 0 Å².